The Kier molecular flexibility index (Phi) is 4.91. The van der Waals surface area contributed by atoms with Crippen molar-refractivity contribution in [3.8, 4) is 6.07 Å². The Bertz CT molecular complexity index is 847. The fourth-order valence-electron chi connectivity index (χ4n) is 2.29. The lowest BCUT2D eigenvalue weighted by atomic mass is 10.1. The largest absolute Gasteiger partial charge is 0.324 e. The predicted octanol–water partition coefficient (Wildman–Crippen LogP) is 1.93. The van der Waals surface area contributed by atoms with Crippen LogP contribution in [0.5, 0.6) is 0 Å². The number of rotatable bonds is 4. The van der Waals surface area contributed by atoms with Crippen molar-refractivity contribution in [2.45, 2.75) is 33.7 Å². The summed E-state index contributed by atoms with van der Waals surface area (Å²) in [7, 11) is 0. The van der Waals surface area contributed by atoms with Crippen LogP contribution in [0.3, 0.4) is 0 Å². The van der Waals surface area contributed by atoms with E-state index in [-0.39, 0.29) is 18.0 Å². The van der Waals surface area contributed by atoms with Crippen molar-refractivity contribution in [3.05, 3.63) is 57.0 Å². The molecule has 0 aliphatic rings. The molecule has 0 aliphatic heterocycles. The number of hydrogen-bond acceptors (Lipinski definition) is 4. The van der Waals surface area contributed by atoms with Gasteiger partial charge in [-0.25, -0.2) is 4.68 Å². The molecule has 1 heterocycles. The maximum Gasteiger partial charge on any atom is 0.285 e. The molecule has 0 saturated heterocycles. The Balaban J connectivity index is 2.27. The van der Waals surface area contributed by atoms with Gasteiger partial charge in [-0.3, -0.25) is 9.59 Å². The fraction of sp³-hybridized carbons (Fsp3) is 0.294. The summed E-state index contributed by atoms with van der Waals surface area (Å²) in [4.78, 5) is 24.4. The molecule has 0 atom stereocenters. The van der Waals surface area contributed by atoms with Crippen molar-refractivity contribution in [1.82, 2.24) is 9.78 Å². The van der Waals surface area contributed by atoms with Gasteiger partial charge >= 0.3 is 0 Å². The first-order valence-corrected chi connectivity index (χ1v) is 7.34. The summed E-state index contributed by atoms with van der Waals surface area (Å²) in [5, 5.41) is 16.0. The van der Waals surface area contributed by atoms with Crippen molar-refractivity contribution < 1.29 is 4.79 Å². The van der Waals surface area contributed by atoms with E-state index in [2.05, 4.69) is 10.4 Å². The molecule has 1 amide bonds. The van der Waals surface area contributed by atoms with Gasteiger partial charge in [0, 0.05) is 5.69 Å². The van der Waals surface area contributed by atoms with Crippen LogP contribution in [-0.4, -0.2) is 15.7 Å². The number of benzene rings is 1. The average Bonchev–Trinajstić information content (AvgIpc) is 2.53. The zero-order valence-corrected chi connectivity index (χ0v) is 13.4. The van der Waals surface area contributed by atoms with Crippen molar-refractivity contribution in [3.63, 3.8) is 0 Å². The lowest BCUT2D eigenvalue weighted by Gasteiger charge is -2.11. The minimum absolute atomic E-state index is 0.0271. The molecule has 0 radical (unpaired) electrons. The van der Waals surface area contributed by atoms with E-state index in [1.165, 1.54) is 0 Å². The first kappa shape index (κ1) is 16.4. The van der Waals surface area contributed by atoms with Gasteiger partial charge in [0.2, 0.25) is 5.91 Å². The Morgan fingerprint density at radius 3 is 2.70 bits per heavy atom. The molecule has 1 N–H and O–H groups in total. The zero-order valence-electron chi connectivity index (χ0n) is 13.4. The molecular formula is C17H18N4O2. The maximum absolute atomic E-state index is 12.2. The van der Waals surface area contributed by atoms with Crippen LogP contribution >= 0.6 is 0 Å². The molecule has 118 valence electrons. The molecule has 6 nitrogen and oxygen atoms in total. The number of para-hydroxylation sites is 1. The van der Waals surface area contributed by atoms with E-state index in [9.17, 15) is 9.59 Å². The van der Waals surface area contributed by atoms with Gasteiger partial charge in [0.25, 0.3) is 5.56 Å². The number of amides is 1. The molecule has 1 aromatic heterocycles. The first-order chi connectivity index (χ1) is 11.0. The van der Waals surface area contributed by atoms with Crippen molar-refractivity contribution in [2.75, 3.05) is 5.32 Å². The molecular weight excluding hydrogens is 292 g/mol. The van der Waals surface area contributed by atoms with E-state index in [0.717, 1.165) is 22.4 Å². The Hall–Kier alpha value is -2.94. The van der Waals surface area contributed by atoms with Gasteiger partial charge in [-0.05, 0) is 37.5 Å². The molecule has 2 aromatic rings. The Morgan fingerprint density at radius 2 is 2.04 bits per heavy atom. The number of nitriles is 1. The number of anilines is 1. The summed E-state index contributed by atoms with van der Waals surface area (Å²) in [5.74, 6) is -0.354. The topological polar surface area (TPSA) is 87.8 Å². The molecule has 6 heteroatoms. The minimum atomic E-state index is -0.547. The molecule has 1 aromatic carbocycles. The molecule has 0 unspecified atom stereocenters. The van der Waals surface area contributed by atoms with E-state index in [1.807, 2.05) is 37.3 Å². The van der Waals surface area contributed by atoms with Gasteiger partial charge in [-0.1, -0.05) is 25.1 Å². The van der Waals surface area contributed by atoms with Crippen LogP contribution in [-0.2, 0) is 17.8 Å². The standard InChI is InChI=1S/C17H18N4O2/c1-4-13-7-5-6-8-15(13)19-16(22)10-21-17(23)14(9-18)11(2)12(3)20-21/h5-8H,4,10H2,1-3H3,(H,19,22). The van der Waals surface area contributed by atoms with Gasteiger partial charge < -0.3 is 5.32 Å². The SMILES string of the molecule is CCc1ccccc1NC(=O)Cn1nc(C)c(C)c(C#N)c1=O. The number of nitrogens with one attached hydrogen (secondary N) is 1. The summed E-state index contributed by atoms with van der Waals surface area (Å²) < 4.78 is 1.03. The number of aromatic nitrogens is 2. The highest BCUT2D eigenvalue weighted by Gasteiger charge is 2.14. The monoisotopic (exact) mass is 310 g/mol. The van der Waals surface area contributed by atoms with Crippen LogP contribution in [0.15, 0.2) is 29.1 Å². The smallest absolute Gasteiger partial charge is 0.285 e. The van der Waals surface area contributed by atoms with Gasteiger partial charge in [-0.15, -0.1) is 0 Å². The average molecular weight is 310 g/mol. The van der Waals surface area contributed by atoms with Crippen LogP contribution in [0, 0.1) is 25.2 Å². The highest BCUT2D eigenvalue weighted by atomic mass is 16.2. The summed E-state index contributed by atoms with van der Waals surface area (Å²) in [6.45, 7) is 5.15. The number of nitrogens with zero attached hydrogens (tertiary/aromatic N) is 3. The third-order valence-corrected chi connectivity index (χ3v) is 3.71. The lowest BCUT2D eigenvalue weighted by molar-refractivity contribution is -0.117. The van der Waals surface area contributed by atoms with Crippen LogP contribution in [0.2, 0.25) is 0 Å². The van der Waals surface area contributed by atoms with E-state index >= 15 is 0 Å². The minimum Gasteiger partial charge on any atom is -0.324 e. The van der Waals surface area contributed by atoms with Crippen LogP contribution < -0.4 is 10.9 Å². The normalized spacial score (nSPS) is 10.2. The second kappa shape index (κ2) is 6.88. The van der Waals surface area contributed by atoms with E-state index in [1.54, 1.807) is 13.8 Å². The Morgan fingerprint density at radius 1 is 1.35 bits per heavy atom. The van der Waals surface area contributed by atoms with Gasteiger partial charge in [0.1, 0.15) is 18.2 Å². The molecule has 0 saturated carbocycles. The quantitative estimate of drug-likeness (QED) is 0.934. The summed E-state index contributed by atoms with van der Waals surface area (Å²) in [5.41, 5.74) is 2.32. The second-order valence-electron chi connectivity index (χ2n) is 5.22. The maximum atomic E-state index is 12.2. The number of carbonyl (C=O) groups excluding carboxylic acids is 1. The summed E-state index contributed by atoms with van der Waals surface area (Å²) in [6, 6.07) is 9.37. The van der Waals surface area contributed by atoms with E-state index < -0.39 is 5.56 Å². The van der Waals surface area contributed by atoms with Crippen molar-refractivity contribution in [1.29, 1.82) is 5.26 Å². The fourth-order valence-corrected chi connectivity index (χ4v) is 2.29. The number of aryl methyl sites for hydroxylation is 2. The van der Waals surface area contributed by atoms with Crippen molar-refractivity contribution in [2.24, 2.45) is 0 Å². The van der Waals surface area contributed by atoms with Crippen molar-refractivity contribution >= 4 is 11.6 Å². The first-order valence-electron chi connectivity index (χ1n) is 7.34. The molecule has 0 bridgehead atoms. The third kappa shape index (κ3) is 3.46. The molecule has 23 heavy (non-hydrogen) atoms. The van der Waals surface area contributed by atoms with Gasteiger partial charge in [-0.2, -0.15) is 10.4 Å². The summed E-state index contributed by atoms with van der Waals surface area (Å²) >= 11 is 0. The van der Waals surface area contributed by atoms with E-state index in [0.29, 0.717) is 11.3 Å². The highest BCUT2D eigenvalue weighted by Crippen LogP contribution is 2.15. The van der Waals surface area contributed by atoms with E-state index in [4.69, 9.17) is 5.26 Å². The lowest BCUT2D eigenvalue weighted by Crippen LogP contribution is -2.32. The number of carbonyl (C=O) groups is 1. The molecule has 0 spiro atoms. The Labute approximate surface area is 134 Å². The van der Waals surface area contributed by atoms with Crippen LogP contribution in [0.4, 0.5) is 5.69 Å². The van der Waals surface area contributed by atoms with Gasteiger partial charge in [0.05, 0.1) is 5.69 Å². The third-order valence-electron chi connectivity index (χ3n) is 3.71. The number of hydrogen-bond donors (Lipinski definition) is 1. The predicted molar refractivity (Wildman–Crippen MR) is 87.1 cm³/mol. The molecule has 0 aliphatic carbocycles. The molecule has 0 fully saturated rings. The highest BCUT2D eigenvalue weighted by molar-refractivity contribution is 5.91. The second-order valence-corrected chi connectivity index (χ2v) is 5.22. The molecule has 2 rings (SSSR count). The van der Waals surface area contributed by atoms with Crippen LogP contribution in [0.1, 0.15) is 29.3 Å². The van der Waals surface area contributed by atoms with Gasteiger partial charge in [0.15, 0.2) is 0 Å². The zero-order chi connectivity index (χ0) is 17.0. The summed E-state index contributed by atoms with van der Waals surface area (Å²) in [6.07, 6.45) is 0.789. The van der Waals surface area contributed by atoms with Crippen LogP contribution in [0.25, 0.3) is 0 Å².